The fourth-order valence-corrected chi connectivity index (χ4v) is 5.31. The van der Waals surface area contributed by atoms with Crippen molar-refractivity contribution >= 4 is 27.1 Å². The molecule has 2 aromatic rings. The zero-order chi connectivity index (χ0) is 17.0. The van der Waals surface area contributed by atoms with Crippen molar-refractivity contribution in [1.29, 1.82) is 0 Å². The van der Waals surface area contributed by atoms with Gasteiger partial charge >= 0.3 is 0 Å². The first-order valence-electron chi connectivity index (χ1n) is 7.78. The van der Waals surface area contributed by atoms with E-state index >= 15 is 0 Å². The smallest absolute Gasteiger partial charge is 0.234 e. The summed E-state index contributed by atoms with van der Waals surface area (Å²) < 4.78 is 28.8. The highest BCUT2D eigenvalue weighted by atomic mass is 32.2. The van der Waals surface area contributed by atoms with Crippen molar-refractivity contribution < 1.29 is 17.6 Å². The third kappa shape index (κ3) is 4.68. The van der Waals surface area contributed by atoms with E-state index < -0.39 is 9.84 Å². The Morgan fingerprint density at radius 3 is 2.88 bits per heavy atom. The summed E-state index contributed by atoms with van der Waals surface area (Å²) in [5.74, 6) is 0.889. The highest BCUT2D eigenvalue weighted by molar-refractivity contribution is 7.91. The Balaban J connectivity index is 1.61. The molecule has 0 spiro atoms. The van der Waals surface area contributed by atoms with E-state index in [1.807, 2.05) is 22.4 Å². The van der Waals surface area contributed by atoms with Crippen LogP contribution in [0.15, 0.2) is 40.3 Å². The van der Waals surface area contributed by atoms with Gasteiger partial charge in [-0.15, -0.1) is 11.3 Å². The van der Waals surface area contributed by atoms with Gasteiger partial charge in [0, 0.05) is 17.5 Å². The van der Waals surface area contributed by atoms with Gasteiger partial charge in [-0.05, 0) is 30.0 Å². The second-order valence-corrected chi connectivity index (χ2v) is 9.16. The van der Waals surface area contributed by atoms with Gasteiger partial charge in [0.05, 0.1) is 30.9 Å². The number of carbonyl (C=O) groups is 1. The highest BCUT2D eigenvalue weighted by Crippen LogP contribution is 2.21. The summed E-state index contributed by atoms with van der Waals surface area (Å²) in [7, 11) is -2.99. The molecular weight excluding hydrogens is 348 g/mol. The molecule has 3 heterocycles. The largest absolute Gasteiger partial charge is 0.467 e. The van der Waals surface area contributed by atoms with Crippen LogP contribution in [-0.2, 0) is 27.7 Å². The monoisotopic (exact) mass is 368 g/mol. The normalized spacial score (nSPS) is 19.6. The molecule has 130 valence electrons. The minimum Gasteiger partial charge on any atom is -0.467 e. The van der Waals surface area contributed by atoms with E-state index in [1.165, 1.54) is 0 Å². The predicted molar refractivity (Wildman–Crippen MR) is 92.3 cm³/mol. The lowest BCUT2D eigenvalue weighted by Crippen LogP contribution is -2.42. The van der Waals surface area contributed by atoms with E-state index in [0.29, 0.717) is 25.3 Å². The first-order valence-corrected chi connectivity index (χ1v) is 10.5. The molecule has 24 heavy (non-hydrogen) atoms. The maximum absolute atomic E-state index is 12.3. The minimum atomic E-state index is -2.99. The SMILES string of the molecule is O=C(CN(Cc1cccs1)C1CCS(=O)(=O)C1)NCc1ccco1. The van der Waals surface area contributed by atoms with Gasteiger partial charge in [-0.2, -0.15) is 0 Å². The summed E-state index contributed by atoms with van der Waals surface area (Å²) in [6.45, 7) is 1.10. The van der Waals surface area contributed by atoms with Crippen LogP contribution in [-0.4, -0.2) is 43.3 Å². The third-order valence-electron chi connectivity index (χ3n) is 4.05. The average molecular weight is 368 g/mol. The van der Waals surface area contributed by atoms with Crippen LogP contribution >= 0.6 is 11.3 Å². The summed E-state index contributed by atoms with van der Waals surface area (Å²) in [5.41, 5.74) is 0. The Labute approximate surface area is 145 Å². The zero-order valence-corrected chi connectivity index (χ0v) is 14.8. The van der Waals surface area contributed by atoms with Crippen molar-refractivity contribution in [3.05, 3.63) is 46.5 Å². The molecule has 1 amide bonds. The van der Waals surface area contributed by atoms with Crippen LogP contribution in [0, 0.1) is 0 Å². The summed E-state index contributed by atoms with van der Waals surface area (Å²) in [4.78, 5) is 15.3. The fraction of sp³-hybridized carbons (Fsp3) is 0.438. The molecule has 1 atom stereocenters. The summed E-state index contributed by atoms with van der Waals surface area (Å²) >= 11 is 1.61. The van der Waals surface area contributed by atoms with E-state index in [9.17, 15) is 13.2 Å². The second-order valence-electron chi connectivity index (χ2n) is 5.90. The molecule has 3 rings (SSSR count). The number of hydrogen-bond acceptors (Lipinski definition) is 6. The molecule has 0 bridgehead atoms. The maximum atomic E-state index is 12.3. The van der Waals surface area contributed by atoms with E-state index in [0.717, 1.165) is 4.88 Å². The Hall–Kier alpha value is -1.64. The Bertz CT molecular complexity index is 754. The number of nitrogens with zero attached hydrogens (tertiary/aromatic N) is 1. The van der Waals surface area contributed by atoms with Gasteiger partial charge in [0.1, 0.15) is 5.76 Å². The van der Waals surface area contributed by atoms with Crippen molar-refractivity contribution in [2.45, 2.75) is 25.6 Å². The molecule has 1 aliphatic rings. The molecule has 1 aliphatic heterocycles. The van der Waals surface area contributed by atoms with Crippen molar-refractivity contribution in [2.75, 3.05) is 18.1 Å². The molecular formula is C16H20N2O4S2. The molecule has 1 unspecified atom stereocenters. The highest BCUT2D eigenvalue weighted by Gasteiger charge is 2.33. The van der Waals surface area contributed by atoms with E-state index in [4.69, 9.17) is 4.42 Å². The van der Waals surface area contributed by atoms with Gasteiger partial charge in [0.25, 0.3) is 0 Å². The number of sulfone groups is 1. The van der Waals surface area contributed by atoms with Crippen LogP contribution in [0.25, 0.3) is 0 Å². The first-order chi connectivity index (χ1) is 11.5. The van der Waals surface area contributed by atoms with Crippen LogP contribution in [0.4, 0.5) is 0 Å². The van der Waals surface area contributed by atoms with Crippen molar-refractivity contribution in [2.24, 2.45) is 0 Å². The quantitative estimate of drug-likeness (QED) is 0.804. The first kappa shape index (κ1) is 17.2. The van der Waals surface area contributed by atoms with Crippen LogP contribution in [0.2, 0.25) is 0 Å². The number of rotatable bonds is 7. The van der Waals surface area contributed by atoms with Gasteiger partial charge in [0.15, 0.2) is 9.84 Å². The average Bonchev–Trinajstić information content (AvgIpc) is 3.26. The minimum absolute atomic E-state index is 0.105. The molecule has 8 heteroatoms. The summed E-state index contributed by atoms with van der Waals surface area (Å²) in [5, 5.41) is 4.80. The van der Waals surface area contributed by atoms with Gasteiger partial charge in [-0.1, -0.05) is 6.07 Å². The molecule has 0 aromatic carbocycles. The van der Waals surface area contributed by atoms with Gasteiger partial charge in [-0.25, -0.2) is 8.42 Å². The molecule has 1 N–H and O–H groups in total. The van der Waals surface area contributed by atoms with Gasteiger partial charge in [0.2, 0.25) is 5.91 Å². The number of nitrogens with one attached hydrogen (secondary N) is 1. The van der Waals surface area contributed by atoms with E-state index in [2.05, 4.69) is 5.32 Å². The lowest BCUT2D eigenvalue weighted by molar-refractivity contribution is -0.123. The fourth-order valence-electron chi connectivity index (χ4n) is 2.82. The molecule has 0 saturated carbocycles. The number of thiophene rings is 1. The molecule has 1 saturated heterocycles. The van der Waals surface area contributed by atoms with Gasteiger partial charge in [-0.3, -0.25) is 9.69 Å². The summed E-state index contributed by atoms with van der Waals surface area (Å²) in [6, 6.07) is 7.43. The molecule has 0 radical (unpaired) electrons. The van der Waals surface area contributed by atoms with Crippen LogP contribution in [0.1, 0.15) is 17.1 Å². The zero-order valence-electron chi connectivity index (χ0n) is 13.2. The lowest BCUT2D eigenvalue weighted by atomic mass is 10.2. The predicted octanol–water partition coefficient (Wildman–Crippen LogP) is 1.65. The molecule has 0 aliphatic carbocycles. The number of amides is 1. The lowest BCUT2D eigenvalue weighted by Gasteiger charge is -2.26. The molecule has 2 aromatic heterocycles. The van der Waals surface area contributed by atoms with Crippen LogP contribution < -0.4 is 5.32 Å². The van der Waals surface area contributed by atoms with Crippen molar-refractivity contribution in [3.8, 4) is 0 Å². The molecule has 1 fully saturated rings. The standard InChI is InChI=1S/C16H20N2O4S2/c19-16(17-9-14-3-1-6-22-14)11-18(10-15-4-2-7-23-15)13-5-8-24(20,21)12-13/h1-4,6-7,13H,5,8-12H2,(H,17,19). The Kier molecular flexibility index (Phi) is 5.37. The molecule has 6 nitrogen and oxygen atoms in total. The topological polar surface area (TPSA) is 79.6 Å². The second kappa shape index (κ2) is 7.50. The Morgan fingerprint density at radius 1 is 1.38 bits per heavy atom. The van der Waals surface area contributed by atoms with Crippen LogP contribution in [0.3, 0.4) is 0 Å². The van der Waals surface area contributed by atoms with Crippen LogP contribution in [0.5, 0.6) is 0 Å². The third-order valence-corrected chi connectivity index (χ3v) is 6.66. The number of carbonyl (C=O) groups excluding carboxylic acids is 1. The van der Waals surface area contributed by atoms with E-state index in [1.54, 1.807) is 29.7 Å². The maximum Gasteiger partial charge on any atom is 0.234 e. The van der Waals surface area contributed by atoms with Crippen molar-refractivity contribution in [1.82, 2.24) is 10.2 Å². The summed E-state index contributed by atoms with van der Waals surface area (Å²) in [6.07, 6.45) is 2.15. The Morgan fingerprint density at radius 2 is 2.25 bits per heavy atom. The van der Waals surface area contributed by atoms with Gasteiger partial charge < -0.3 is 9.73 Å². The number of hydrogen-bond donors (Lipinski definition) is 1. The number of furan rings is 1. The van der Waals surface area contributed by atoms with E-state index in [-0.39, 0.29) is 30.0 Å². The van der Waals surface area contributed by atoms with Crippen molar-refractivity contribution in [3.63, 3.8) is 0 Å².